The number of fused-ring (bicyclic) bond motifs is 2. The minimum Gasteiger partial charge on any atom is -0.488 e. The Morgan fingerprint density at radius 2 is 1.84 bits per heavy atom. The molecule has 2 aliphatic heterocycles. The smallest absolute Gasteiger partial charge is 0.137 e. The lowest BCUT2D eigenvalue weighted by Crippen LogP contribution is -2.46. The molecule has 0 saturated carbocycles. The van der Waals surface area contributed by atoms with Crippen molar-refractivity contribution in [3.05, 3.63) is 65.2 Å². The number of nitrogens with zero attached hydrogens (tertiary/aromatic N) is 1. The average Bonchev–Trinajstić information content (AvgIpc) is 2.99. The molecule has 2 aliphatic rings. The lowest BCUT2D eigenvalue weighted by Gasteiger charge is -2.37. The van der Waals surface area contributed by atoms with Crippen LogP contribution in [0.1, 0.15) is 42.4 Å². The monoisotopic (exact) mass is 334 g/mol. The lowest BCUT2D eigenvalue weighted by atomic mass is 9.81. The van der Waals surface area contributed by atoms with E-state index >= 15 is 0 Å². The molecule has 2 fully saturated rings. The van der Waals surface area contributed by atoms with E-state index in [2.05, 4.69) is 11.4 Å². The van der Waals surface area contributed by atoms with E-state index in [4.69, 9.17) is 4.74 Å². The Labute approximate surface area is 148 Å². The van der Waals surface area contributed by atoms with Crippen molar-refractivity contribution in [2.24, 2.45) is 0 Å². The van der Waals surface area contributed by atoms with Crippen LogP contribution in [-0.4, -0.2) is 17.2 Å². The topological polar surface area (TPSA) is 65.3 Å². The number of hydrogen-bond donors (Lipinski definition) is 2. The number of nitrogens with one attached hydrogen (secondary N) is 1. The summed E-state index contributed by atoms with van der Waals surface area (Å²) in [5.74, 6) is 0.545. The van der Waals surface area contributed by atoms with Crippen LogP contribution >= 0.6 is 0 Å². The summed E-state index contributed by atoms with van der Waals surface area (Å²) in [4.78, 5) is 0. The van der Waals surface area contributed by atoms with E-state index < -0.39 is 5.60 Å². The van der Waals surface area contributed by atoms with E-state index in [1.54, 1.807) is 6.07 Å². The first kappa shape index (κ1) is 16.1. The van der Waals surface area contributed by atoms with Crippen LogP contribution in [0, 0.1) is 11.3 Å². The van der Waals surface area contributed by atoms with E-state index in [-0.39, 0.29) is 0 Å². The zero-order valence-electron chi connectivity index (χ0n) is 14.1. The molecule has 2 saturated heterocycles. The Morgan fingerprint density at radius 1 is 1.12 bits per heavy atom. The second-order valence-corrected chi connectivity index (χ2v) is 7.17. The number of nitriles is 1. The number of rotatable bonds is 4. The van der Waals surface area contributed by atoms with Gasteiger partial charge in [0.15, 0.2) is 0 Å². The first-order valence-electron chi connectivity index (χ1n) is 8.86. The molecule has 2 aromatic rings. The van der Waals surface area contributed by atoms with Gasteiger partial charge < -0.3 is 15.2 Å². The number of ether oxygens (including phenoxy) is 1. The molecule has 2 N–H and O–H groups in total. The molecule has 0 spiro atoms. The molecule has 4 nitrogen and oxygen atoms in total. The van der Waals surface area contributed by atoms with Gasteiger partial charge in [0.2, 0.25) is 0 Å². The maximum atomic E-state index is 11.2. The molecule has 0 radical (unpaired) electrons. The van der Waals surface area contributed by atoms with Gasteiger partial charge in [-0.1, -0.05) is 36.4 Å². The lowest BCUT2D eigenvalue weighted by molar-refractivity contribution is -0.0116. The Bertz CT molecular complexity index is 785. The second-order valence-electron chi connectivity index (χ2n) is 7.17. The molecule has 25 heavy (non-hydrogen) atoms. The zero-order chi connectivity index (χ0) is 17.3. The summed E-state index contributed by atoms with van der Waals surface area (Å²) in [6, 6.07) is 18.3. The molecule has 2 aromatic carbocycles. The Morgan fingerprint density at radius 3 is 2.52 bits per heavy atom. The van der Waals surface area contributed by atoms with Crippen LogP contribution in [0.4, 0.5) is 0 Å². The van der Waals surface area contributed by atoms with Crippen molar-refractivity contribution >= 4 is 0 Å². The van der Waals surface area contributed by atoms with E-state index in [0.717, 1.165) is 24.0 Å². The van der Waals surface area contributed by atoms with Gasteiger partial charge in [-0.3, -0.25) is 0 Å². The maximum Gasteiger partial charge on any atom is 0.137 e. The van der Waals surface area contributed by atoms with E-state index in [1.165, 1.54) is 0 Å². The number of piperidine rings is 1. The first-order chi connectivity index (χ1) is 12.2. The fourth-order valence-electron chi connectivity index (χ4n) is 4.12. The van der Waals surface area contributed by atoms with E-state index in [1.807, 2.05) is 42.5 Å². The van der Waals surface area contributed by atoms with Gasteiger partial charge in [-0.15, -0.1) is 0 Å². The van der Waals surface area contributed by atoms with Crippen LogP contribution in [0.15, 0.2) is 48.5 Å². The summed E-state index contributed by atoms with van der Waals surface area (Å²) < 4.78 is 5.91. The van der Waals surface area contributed by atoms with E-state index in [9.17, 15) is 10.4 Å². The molecule has 0 aromatic heterocycles. The normalized spacial score (nSPS) is 27.7. The molecule has 128 valence electrons. The third-order valence-corrected chi connectivity index (χ3v) is 5.38. The van der Waals surface area contributed by atoms with Gasteiger partial charge in [-0.25, -0.2) is 0 Å². The molecule has 4 heteroatoms. The predicted molar refractivity (Wildman–Crippen MR) is 95.0 cm³/mol. The molecule has 0 amide bonds. The molecule has 2 atom stereocenters. The minimum atomic E-state index is -0.837. The van der Waals surface area contributed by atoms with Crippen LogP contribution < -0.4 is 10.1 Å². The van der Waals surface area contributed by atoms with Crippen LogP contribution in [0.2, 0.25) is 0 Å². The molecule has 0 aliphatic carbocycles. The van der Waals surface area contributed by atoms with Gasteiger partial charge in [-0.05, 0) is 48.9 Å². The van der Waals surface area contributed by atoms with Crippen molar-refractivity contribution in [2.45, 2.75) is 50.0 Å². The van der Waals surface area contributed by atoms with Crippen LogP contribution in [-0.2, 0) is 12.2 Å². The van der Waals surface area contributed by atoms with Crippen molar-refractivity contribution in [1.29, 1.82) is 5.26 Å². The fraction of sp³-hybridized carbons (Fsp3) is 0.381. The summed E-state index contributed by atoms with van der Waals surface area (Å²) in [6.45, 7) is 0.407. The summed E-state index contributed by atoms with van der Waals surface area (Å²) >= 11 is 0. The van der Waals surface area contributed by atoms with Gasteiger partial charge >= 0.3 is 0 Å². The highest BCUT2D eigenvalue weighted by Crippen LogP contribution is 2.41. The number of aliphatic hydroxyl groups is 1. The third kappa shape index (κ3) is 3.26. The summed E-state index contributed by atoms with van der Waals surface area (Å²) in [5.41, 5.74) is 1.57. The maximum absolute atomic E-state index is 11.2. The number of benzene rings is 2. The average molecular weight is 334 g/mol. The Kier molecular flexibility index (Phi) is 4.20. The number of hydrogen-bond acceptors (Lipinski definition) is 4. The standard InChI is InChI=1S/C21H22N2O2/c22-13-16-6-7-17(21(24)11-18-8-9-19(12-21)23-18)10-20(16)25-14-15-4-2-1-3-5-15/h1-7,10,18-19,23-24H,8-9,11-12,14H2. The van der Waals surface area contributed by atoms with Crippen LogP contribution in [0.3, 0.4) is 0 Å². The largest absolute Gasteiger partial charge is 0.488 e. The third-order valence-electron chi connectivity index (χ3n) is 5.38. The second kappa shape index (κ2) is 6.51. The van der Waals surface area contributed by atoms with Crippen molar-refractivity contribution in [3.63, 3.8) is 0 Å². The van der Waals surface area contributed by atoms with Crippen molar-refractivity contribution in [3.8, 4) is 11.8 Å². The van der Waals surface area contributed by atoms with Crippen molar-refractivity contribution < 1.29 is 9.84 Å². The highest BCUT2D eigenvalue weighted by atomic mass is 16.5. The zero-order valence-corrected chi connectivity index (χ0v) is 14.1. The molecular weight excluding hydrogens is 312 g/mol. The summed E-state index contributed by atoms with van der Waals surface area (Å²) in [6.07, 6.45) is 3.68. The van der Waals surface area contributed by atoms with E-state index in [0.29, 0.717) is 42.8 Å². The summed E-state index contributed by atoms with van der Waals surface area (Å²) in [5, 5.41) is 24.1. The highest BCUT2D eigenvalue weighted by molar-refractivity contribution is 5.47. The quantitative estimate of drug-likeness (QED) is 0.901. The van der Waals surface area contributed by atoms with Crippen LogP contribution in [0.25, 0.3) is 0 Å². The van der Waals surface area contributed by atoms with Gasteiger partial charge in [0.1, 0.15) is 18.4 Å². The van der Waals surface area contributed by atoms with Crippen molar-refractivity contribution in [1.82, 2.24) is 5.32 Å². The highest BCUT2D eigenvalue weighted by Gasteiger charge is 2.43. The molecule has 2 bridgehead atoms. The SMILES string of the molecule is N#Cc1ccc(C2(O)CC3CCC(C2)N3)cc1OCc1ccccc1. The Balaban J connectivity index is 1.59. The van der Waals surface area contributed by atoms with Crippen LogP contribution in [0.5, 0.6) is 5.75 Å². The van der Waals surface area contributed by atoms with Gasteiger partial charge in [0.05, 0.1) is 11.2 Å². The fourth-order valence-corrected chi connectivity index (χ4v) is 4.12. The van der Waals surface area contributed by atoms with Gasteiger partial charge in [0.25, 0.3) is 0 Å². The molecule has 2 heterocycles. The minimum absolute atomic E-state index is 0.382. The van der Waals surface area contributed by atoms with Gasteiger partial charge in [0, 0.05) is 12.1 Å². The first-order valence-corrected chi connectivity index (χ1v) is 8.86. The Hall–Kier alpha value is -2.35. The molecule has 4 rings (SSSR count). The van der Waals surface area contributed by atoms with Gasteiger partial charge in [-0.2, -0.15) is 5.26 Å². The van der Waals surface area contributed by atoms with Crippen molar-refractivity contribution in [2.75, 3.05) is 0 Å². The molecular formula is C21H22N2O2. The predicted octanol–water partition coefficient (Wildman–Crippen LogP) is 3.24. The summed E-state index contributed by atoms with van der Waals surface area (Å²) in [7, 11) is 0. The molecule has 2 unspecified atom stereocenters.